The molecule has 0 unspecified atom stereocenters. The molecule has 0 N–H and O–H groups in total. The van der Waals surface area contributed by atoms with Crippen molar-refractivity contribution in [1.82, 2.24) is 9.80 Å². The summed E-state index contributed by atoms with van der Waals surface area (Å²) >= 11 is 0. The van der Waals surface area contributed by atoms with E-state index in [2.05, 4.69) is 0 Å². The van der Waals surface area contributed by atoms with E-state index in [0.717, 1.165) is 25.7 Å². The summed E-state index contributed by atoms with van der Waals surface area (Å²) in [4.78, 5) is 30.5. The van der Waals surface area contributed by atoms with Gasteiger partial charge in [0, 0.05) is 40.4 Å². The minimum Gasteiger partial charge on any atom is -0.349 e. The van der Waals surface area contributed by atoms with Gasteiger partial charge in [0.05, 0.1) is 0 Å². The fourth-order valence-electron chi connectivity index (χ4n) is 3.75. The van der Waals surface area contributed by atoms with E-state index in [1.165, 1.54) is 14.2 Å². The van der Waals surface area contributed by atoms with E-state index < -0.39 is 23.8 Å². The summed E-state index contributed by atoms with van der Waals surface area (Å²) in [5, 5.41) is 0. The van der Waals surface area contributed by atoms with Crippen molar-refractivity contribution in [3.8, 4) is 0 Å². The number of carbonyl (C=O) groups is 2. The zero-order chi connectivity index (χ0) is 22.9. The van der Waals surface area contributed by atoms with E-state index in [4.69, 9.17) is 18.9 Å². The van der Waals surface area contributed by atoms with Crippen LogP contribution in [-0.2, 0) is 28.5 Å². The van der Waals surface area contributed by atoms with Crippen LogP contribution in [0.15, 0.2) is 0 Å². The molecule has 0 saturated carbocycles. The smallest absolute Gasteiger partial charge is 0.255 e. The molecule has 0 radical (unpaired) electrons. The van der Waals surface area contributed by atoms with E-state index in [1.807, 2.05) is 27.7 Å². The summed E-state index contributed by atoms with van der Waals surface area (Å²) in [7, 11) is 2.95. The lowest BCUT2D eigenvalue weighted by molar-refractivity contribution is -0.437. The van der Waals surface area contributed by atoms with Crippen molar-refractivity contribution in [3.05, 3.63) is 0 Å². The lowest BCUT2D eigenvalue weighted by atomic mass is 10.0. The van der Waals surface area contributed by atoms with Crippen LogP contribution in [0.4, 0.5) is 0 Å². The molecule has 0 aromatic carbocycles. The molecule has 0 spiro atoms. The van der Waals surface area contributed by atoms with Gasteiger partial charge in [0.25, 0.3) is 11.8 Å². The molecule has 8 heteroatoms. The first-order chi connectivity index (χ1) is 14.2. The van der Waals surface area contributed by atoms with Crippen molar-refractivity contribution < 1.29 is 28.5 Å². The quantitative estimate of drug-likeness (QED) is 0.474. The number of amides is 2. The summed E-state index contributed by atoms with van der Waals surface area (Å²) in [5.41, 5.74) is 0. The van der Waals surface area contributed by atoms with Gasteiger partial charge in [-0.05, 0) is 39.5 Å². The van der Waals surface area contributed by atoms with Gasteiger partial charge < -0.3 is 28.7 Å². The molecular formula is C22H42N2O6. The van der Waals surface area contributed by atoms with Crippen LogP contribution in [0.2, 0.25) is 0 Å². The van der Waals surface area contributed by atoms with Crippen LogP contribution >= 0.6 is 0 Å². The average molecular weight is 431 g/mol. The fourth-order valence-corrected chi connectivity index (χ4v) is 3.75. The van der Waals surface area contributed by atoms with Gasteiger partial charge in [0.2, 0.25) is 11.6 Å². The van der Waals surface area contributed by atoms with Crippen molar-refractivity contribution in [2.75, 3.05) is 40.4 Å². The molecule has 1 saturated heterocycles. The molecule has 2 amide bonds. The fraction of sp³-hybridized carbons (Fsp3) is 0.909. The summed E-state index contributed by atoms with van der Waals surface area (Å²) in [5.74, 6) is -3.23. The topological polar surface area (TPSA) is 77.5 Å². The Morgan fingerprint density at radius 2 is 0.967 bits per heavy atom. The molecule has 1 heterocycles. The predicted octanol–water partition coefficient (Wildman–Crippen LogP) is 2.79. The van der Waals surface area contributed by atoms with E-state index >= 15 is 0 Å². The summed E-state index contributed by atoms with van der Waals surface area (Å²) in [6.07, 6.45) is 1.03. The van der Waals surface area contributed by atoms with Gasteiger partial charge >= 0.3 is 0 Å². The molecule has 30 heavy (non-hydrogen) atoms. The number of hydrogen-bond acceptors (Lipinski definition) is 6. The minimum atomic E-state index is -1.36. The van der Waals surface area contributed by atoms with E-state index in [9.17, 15) is 9.59 Å². The van der Waals surface area contributed by atoms with Crippen LogP contribution in [0, 0.1) is 0 Å². The van der Waals surface area contributed by atoms with E-state index in [-0.39, 0.29) is 11.8 Å². The van der Waals surface area contributed by atoms with Crippen molar-refractivity contribution >= 4 is 11.8 Å². The van der Waals surface area contributed by atoms with Crippen LogP contribution in [0.5, 0.6) is 0 Å². The highest BCUT2D eigenvalue weighted by Gasteiger charge is 2.60. The van der Waals surface area contributed by atoms with Gasteiger partial charge in [-0.15, -0.1) is 0 Å². The van der Waals surface area contributed by atoms with Gasteiger partial charge in [-0.25, -0.2) is 0 Å². The molecule has 0 bridgehead atoms. The third kappa shape index (κ3) is 5.72. The maximum absolute atomic E-state index is 13.5. The maximum atomic E-state index is 13.5. The van der Waals surface area contributed by atoms with Crippen molar-refractivity contribution in [2.24, 2.45) is 0 Å². The maximum Gasteiger partial charge on any atom is 0.255 e. The number of methoxy groups -OCH3 is 2. The molecule has 0 aliphatic carbocycles. The second-order valence-electron chi connectivity index (χ2n) is 8.03. The first-order valence-corrected chi connectivity index (χ1v) is 11.2. The van der Waals surface area contributed by atoms with Crippen LogP contribution in [0.1, 0.15) is 67.2 Å². The van der Waals surface area contributed by atoms with Crippen LogP contribution in [0.3, 0.4) is 0 Å². The van der Waals surface area contributed by atoms with Gasteiger partial charge in [0.1, 0.15) is 0 Å². The molecule has 1 fully saturated rings. The first kappa shape index (κ1) is 26.8. The highest BCUT2D eigenvalue weighted by molar-refractivity contribution is 5.91. The molecule has 0 aromatic rings. The Bertz CT molecular complexity index is 500. The second kappa shape index (κ2) is 12.0. The van der Waals surface area contributed by atoms with Gasteiger partial charge in [-0.2, -0.15) is 0 Å². The van der Waals surface area contributed by atoms with Crippen molar-refractivity contribution in [2.45, 2.75) is 91.0 Å². The standard InChI is InChI=1S/C22H42N2O6/c1-9-13-23(14-10-2)19(25)17-18(20(26)24(15-11-3)16-12-4)30-22(6,28-8)21(5,27-7)29-17/h17-18H,9-16H2,1-8H3/t17-,18-,21-,22-/m1/s1. The SMILES string of the molecule is CCCN(CCC)C(=O)[C@@H]1O[C@@](C)(OC)[C@](C)(OC)O[C@H]1C(=O)N(CCC)CCC. The number of rotatable bonds is 12. The second-order valence-corrected chi connectivity index (χ2v) is 8.03. The molecular weight excluding hydrogens is 388 g/mol. The molecule has 4 atom stereocenters. The van der Waals surface area contributed by atoms with Gasteiger partial charge in [0.15, 0.2) is 12.2 Å². The number of hydrogen-bond donors (Lipinski definition) is 0. The predicted molar refractivity (Wildman–Crippen MR) is 115 cm³/mol. The Labute approximate surface area is 182 Å². The summed E-state index contributed by atoms with van der Waals surface area (Å²) < 4.78 is 23.6. The van der Waals surface area contributed by atoms with Gasteiger partial charge in [-0.3, -0.25) is 9.59 Å². The highest BCUT2D eigenvalue weighted by Crippen LogP contribution is 2.40. The first-order valence-electron chi connectivity index (χ1n) is 11.2. The van der Waals surface area contributed by atoms with E-state index in [1.54, 1.807) is 23.6 Å². The van der Waals surface area contributed by atoms with E-state index in [0.29, 0.717) is 26.2 Å². The molecule has 1 aliphatic rings. The molecule has 1 aliphatic heterocycles. The third-order valence-electron chi connectivity index (χ3n) is 5.67. The Morgan fingerprint density at radius 1 is 0.700 bits per heavy atom. The average Bonchev–Trinajstić information content (AvgIpc) is 2.74. The largest absolute Gasteiger partial charge is 0.349 e. The lowest BCUT2D eigenvalue weighted by Gasteiger charge is -2.52. The highest BCUT2D eigenvalue weighted by atomic mass is 16.8. The lowest BCUT2D eigenvalue weighted by Crippen LogP contribution is -2.70. The molecule has 176 valence electrons. The molecule has 1 rings (SSSR count). The Balaban J connectivity index is 3.38. The van der Waals surface area contributed by atoms with Crippen LogP contribution in [0.25, 0.3) is 0 Å². The number of nitrogens with zero attached hydrogens (tertiary/aromatic N) is 2. The summed E-state index contributed by atoms with van der Waals surface area (Å²) in [6, 6.07) is 0. The molecule has 0 aromatic heterocycles. The van der Waals surface area contributed by atoms with Crippen molar-refractivity contribution in [3.63, 3.8) is 0 Å². The molecule has 8 nitrogen and oxygen atoms in total. The van der Waals surface area contributed by atoms with Crippen LogP contribution in [-0.4, -0.2) is 85.8 Å². The third-order valence-corrected chi connectivity index (χ3v) is 5.67. The monoisotopic (exact) mass is 430 g/mol. The Hall–Kier alpha value is -1.22. The zero-order valence-corrected chi connectivity index (χ0v) is 20.2. The number of ether oxygens (including phenoxy) is 4. The Morgan fingerprint density at radius 3 is 1.17 bits per heavy atom. The minimum absolute atomic E-state index is 0.258. The Kier molecular flexibility index (Phi) is 10.7. The van der Waals surface area contributed by atoms with Crippen LogP contribution < -0.4 is 0 Å². The summed E-state index contributed by atoms with van der Waals surface area (Å²) in [6.45, 7) is 13.8. The normalized spacial score (nSPS) is 28.9. The van der Waals surface area contributed by atoms with Crippen molar-refractivity contribution in [1.29, 1.82) is 0 Å². The van der Waals surface area contributed by atoms with Gasteiger partial charge in [-0.1, -0.05) is 27.7 Å². The number of carbonyl (C=O) groups excluding carboxylic acids is 2. The zero-order valence-electron chi connectivity index (χ0n) is 20.2.